The smallest absolute Gasteiger partial charge is 0.322 e. The van der Waals surface area contributed by atoms with Crippen LogP contribution in [-0.2, 0) is 13.6 Å². The van der Waals surface area contributed by atoms with Gasteiger partial charge in [0.05, 0.1) is 25.3 Å². The first kappa shape index (κ1) is 24.0. The number of hydrogen-bond donors (Lipinski definition) is 1. The summed E-state index contributed by atoms with van der Waals surface area (Å²) in [7, 11) is -2.11. The van der Waals surface area contributed by atoms with Crippen LogP contribution in [0, 0.1) is 0 Å². The van der Waals surface area contributed by atoms with Crippen LogP contribution < -0.4 is 5.32 Å². The minimum atomic E-state index is -3.77. The highest BCUT2D eigenvalue weighted by molar-refractivity contribution is 7.54. The number of urea groups is 2. The summed E-state index contributed by atoms with van der Waals surface area (Å²) in [6.45, 7) is 5.60. The van der Waals surface area contributed by atoms with Gasteiger partial charge in [0.25, 0.3) is 0 Å². The van der Waals surface area contributed by atoms with Crippen LogP contribution in [0.1, 0.15) is 43.7 Å². The molecule has 3 atom stereocenters. The van der Waals surface area contributed by atoms with E-state index in [0.717, 1.165) is 5.56 Å². The first-order chi connectivity index (χ1) is 15.3. The number of carbonyl (C=O) groups excluding carboxylic acids is 2. The molecule has 8 nitrogen and oxygen atoms in total. The van der Waals surface area contributed by atoms with E-state index in [1.807, 2.05) is 43.3 Å². The number of likely N-dealkylation sites (N-methyl/N-ethyl adjacent to an activating group) is 1. The number of carbonyl (C=O) groups is 2. The fourth-order valence-corrected chi connectivity index (χ4v) is 5.79. The molecule has 1 N–H and O–H groups in total. The van der Waals surface area contributed by atoms with E-state index >= 15 is 0 Å². The number of imide groups is 1. The topological polar surface area (TPSA) is 88.2 Å². The Balaban J connectivity index is 1.99. The van der Waals surface area contributed by atoms with E-state index in [2.05, 4.69) is 5.32 Å². The Bertz CT molecular complexity index is 962. The summed E-state index contributed by atoms with van der Waals surface area (Å²) in [5, 5.41) is 2.78. The van der Waals surface area contributed by atoms with Crippen LogP contribution in [0.5, 0.6) is 0 Å². The average molecular weight is 459 g/mol. The van der Waals surface area contributed by atoms with E-state index in [0.29, 0.717) is 5.56 Å². The highest BCUT2D eigenvalue weighted by Crippen LogP contribution is 2.59. The monoisotopic (exact) mass is 459 g/mol. The Morgan fingerprint density at radius 2 is 1.56 bits per heavy atom. The summed E-state index contributed by atoms with van der Waals surface area (Å²) in [6.07, 6.45) is 0. The Kier molecular flexibility index (Phi) is 7.72. The van der Waals surface area contributed by atoms with Crippen molar-refractivity contribution in [2.75, 3.05) is 20.3 Å². The SMILES string of the molecule is CCOP(=O)(OCC)[C@H](NC(=O)N1C(=O)N(C)[C@@H](C)[C@H]1c1ccccc1)c1ccccc1. The molecule has 0 unspecified atom stereocenters. The maximum absolute atomic E-state index is 13.7. The number of amides is 4. The zero-order valence-electron chi connectivity index (χ0n) is 18.8. The average Bonchev–Trinajstić information content (AvgIpc) is 3.02. The van der Waals surface area contributed by atoms with Crippen molar-refractivity contribution in [1.82, 2.24) is 15.1 Å². The number of rotatable bonds is 8. The van der Waals surface area contributed by atoms with Crippen LogP contribution in [0.3, 0.4) is 0 Å². The molecule has 0 bridgehead atoms. The van der Waals surface area contributed by atoms with E-state index in [-0.39, 0.29) is 19.3 Å². The van der Waals surface area contributed by atoms with E-state index in [9.17, 15) is 14.2 Å². The molecule has 0 aromatic heterocycles. The first-order valence-electron chi connectivity index (χ1n) is 10.7. The Labute approximate surface area is 189 Å². The van der Waals surface area contributed by atoms with Gasteiger partial charge in [0.2, 0.25) is 0 Å². The lowest BCUT2D eigenvalue weighted by Gasteiger charge is -2.30. The van der Waals surface area contributed by atoms with E-state index in [4.69, 9.17) is 9.05 Å². The normalized spacial score (nSPS) is 19.8. The minimum absolute atomic E-state index is 0.144. The van der Waals surface area contributed by atoms with Crippen molar-refractivity contribution in [3.05, 3.63) is 71.8 Å². The second-order valence-electron chi connectivity index (χ2n) is 7.50. The van der Waals surface area contributed by atoms with Crippen molar-refractivity contribution in [3.8, 4) is 0 Å². The van der Waals surface area contributed by atoms with Crippen molar-refractivity contribution in [2.45, 2.75) is 38.6 Å². The fourth-order valence-electron chi connectivity index (χ4n) is 3.89. The largest absolute Gasteiger partial charge is 0.357 e. The molecule has 1 heterocycles. The van der Waals surface area contributed by atoms with Gasteiger partial charge in [-0.25, -0.2) is 14.5 Å². The molecule has 3 rings (SSSR count). The number of benzene rings is 2. The Hall–Kier alpha value is -2.67. The van der Waals surface area contributed by atoms with Gasteiger partial charge in [-0.1, -0.05) is 60.7 Å². The van der Waals surface area contributed by atoms with Crippen LogP contribution >= 0.6 is 7.60 Å². The lowest BCUT2D eigenvalue weighted by Crippen LogP contribution is -2.44. The van der Waals surface area contributed by atoms with E-state index < -0.39 is 31.5 Å². The Morgan fingerprint density at radius 3 is 2.09 bits per heavy atom. The molecule has 2 aromatic rings. The standard InChI is InChI=1S/C23H30N3O5P/c1-5-30-32(29,31-6-2)21(19-15-11-8-12-16-19)24-22(27)26-20(17(3)25(4)23(26)28)18-13-9-7-10-14-18/h7-17,20-21H,5-6H2,1-4H3,(H,24,27)/t17-,20-,21-/m0/s1. The molecule has 1 saturated heterocycles. The van der Waals surface area contributed by atoms with Gasteiger partial charge in [0, 0.05) is 7.05 Å². The number of hydrogen-bond acceptors (Lipinski definition) is 5. The van der Waals surface area contributed by atoms with Crippen LogP contribution in [0.2, 0.25) is 0 Å². The van der Waals surface area contributed by atoms with Gasteiger partial charge in [-0.2, -0.15) is 0 Å². The fraction of sp³-hybridized carbons (Fsp3) is 0.391. The molecule has 1 aliphatic heterocycles. The predicted octanol–water partition coefficient (Wildman–Crippen LogP) is 5.16. The van der Waals surface area contributed by atoms with Gasteiger partial charge < -0.3 is 19.3 Å². The van der Waals surface area contributed by atoms with Gasteiger partial charge in [-0.05, 0) is 31.9 Å². The second-order valence-corrected chi connectivity index (χ2v) is 9.61. The molecule has 0 saturated carbocycles. The molecule has 0 radical (unpaired) electrons. The zero-order chi connectivity index (χ0) is 23.3. The highest BCUT2D eigenvalue weighted by Gasteiger charge is 2.48. The summed E-state index contributed by atoms with van der Waals surface area (Å²) in [6, 6.07) is 16.4. The lowest BCUT2D eigenvalue weighted by atomic mass is 10.0. The molecule has 1 fully saturated rings. The molecule has 1 aliphatic rings. The molecule has 172 valence electrons. The minimum Gasteiger partial charge on any atom is -0.322 e. The third-order valence-electron chi connectivity index (χ3n) is 5.52. The van der Waals surface area contributed by atoms with Gasteiger partial charge in [-0.15, -0.1) is 0 Å². The first-order valence-corrected chi connectivity index (χ1v) is 12.3. The van der Waals surface area contributed by atoms with Gasteiger partial charge >= 0.3 is 19.7 Å². The van der Waals surface area contributed by atoms with Crippen LogP contribution in [0.25, 0.3) is 0 Å². The molecule has 4 amide bonds. The molecule has 0 spiro atoms. The van der Waals surface area contributed by atoms with Crippen LogP contribution in [-0.4, -0.2) is 48.2 Å². The van der Waals surface area contributed by atoms with E-state index in [1.54, 1.807) is 45.2 Å². The van der Waals surface area contributed by atoms with Crippen molar-refractivity contribution < 1.29 is 23.2 Å². The van der Waals surface area contributed by atoms with Crippen LogP contribution in [0.4, 0.5) is 9.59 Å². The van der Waals surface area contributed by atoms with Crippen molar-refractivity contribution in [1.29, 1.82) is 0 Å². The maximum atomic E-state index is 13.7. The molecule has 9 heteroatoms. The third kappa shape index (κ3) is 4.72. The molecular weight excluding hydrogens is 429 g/mol. The summed E-state index contributed by atoms with van der Waals surface area (Å²) >= 11 is 0. The van der Waals surface area contributed by atoms with Gasteiger partial charge in [-0.3, -0.25) is 4.57 Å². The molecule has 2 aromatic carbocycles. The van der Waals surface area contributed by atoms with E-state index in [1.165, 1.54) is 9.80 Å². The Morgan fingerprint density at radius 1 is 1.03 bits per heavy atom. The van der Waals surface area contributed by atoms with Crippen molar-refractivity contribution >= 4 is 19.7 Å². The van der Waals surface area contributed by atoms with Gasteiger partial charge in [0.1, 0.15) is 0 Å². The summed E-state index contributed by atoms with van der Waals surface area (Å²) in [5.74, 6) is -1.07. The summed E-state index contributed by atoms with van der Waals surface area (Å²) in [5.41, 5.74) is 1.40. The lowest BCUT2D eigenvalue weighted by molar-refractivity contribution is 0.175. The number of nitrogens with one attached hydrogen (secondary N) is 1. The second kappa shape index (κ2) is 10.3. The van der Waals surface area contributed by atoms with Crippen molar-refractivity contribution in [2.24, 2.45) is 0 Å². The maximum Gasteiger partial charge on any atom is 0.357 e. The zero-order valence-corrected chi connectivity index (χ0v) is 19.7. The highest BCUT2D eigenvalue weighted by atomic mass is 31.2. The molecule has 32 heavy (non-hydrogen) atoms. The van der Waals surface area contributed by atoms with Crippen molar-refractivity contribution in [3.63, 3.8) is 0 Å². The number of nitrogens with zero attached hydrogens (tertiary/aromatic N) is 2. The predicted molar refractivity (Wildman–Crippen MR) is 122 cm³/mol. The summed E-state index contributed by atoms with van der Waals surface area (Å²) < 4.78 is 24.7. The quantitative estimate of drug-likeness (QED) is 0.551. The van der Waals surface area contributed by atoms with Gasteiger partial charge in [0.15, 0.2) is 5.78 Å². The van der Waals surface area contributed by atoms with Crippen LogP contribution in [0.15, 0.2) is 60.7 Å². The molecular formula is C23H30N3O5P. The summed E-state index contributed by atoms with van der Waals surface area (Å²) in [4.78, 5) is 29.2. The third-order valence-corrected chi connectivity index (χ3v) is 7.82. The molecule has 0 aliphatic carbocycles.